The van der Waals surface area contributed by atoms with Gasteiger partial charge >= 0.3 is 0 Å². The Bertz CT molecular complexity index is 570. The number of hydrogen-bond acceptors (Lipinski definition) is 4. The molecule has 0 unspecified atom stereocenters. The minimum Gasteiger partial charge on any atom is -0.382 e. The van der Waals surface area contributed by atoms with Crippen LogP contribution in [0.25, 0.3) is 5.69 Å². The third-order valence-electron chi connectivity index (χ3n) is 4.31. The molecule has 3 rings (SSSR count). The molecule has 0 atom stereocenters. The second-order valence-electron chi connectivity index (χ2n) is 6.07. The van der Waals surface area contributed by atoms with Gasteiger partial charge in [0.1, 0.15) is 6.33 Å². The van der Waals surface area contributed by atoms with Gasteiger partial charge in [-0.3, -0.25) is 0 Å². The van der Waals surface area contributed by atoms with Crippen LogP contribution in [0.3, 0.4) is 0 Å². The van der Waals surface area contributed by atoms with E-state index in [2.05, 4.69) is 53.7 Å². The molecule has 1 aromatic carbocycles. The van der Waals surface area contributed by atoms with Crippen LogP contribution in [0, 0.1) is 18.8 Å². The summed E-state index contributed by atoms with van der Waals surface area (Å²) in [7, 11) is 0. The molecule has 1 saturated carbocycles. The first-order valence-electron chi connectivity index (χ1n) is 7.24. The fourth-order valence-corrected chi connectivity index (χ4v) is 2.73. The summed E-state index contributed by atoms with van der Waals surface area (Å²) in [5.41, 5.74) is 3.43. The summed E-state index contributed by atoms with van der Waals surface area (Å²) < 4.78 is 1.68. The lowest BCUT2D eigenvalue weighted by atomic mass is 9.73. The van der Waals surface area contributed by atoms with Crippen LogP contribution in [-0.2, 0) is 0 Å². The number of nitrogens with one attached hydrogen (secondary N) is 1. The maximum absolute atomic E-state index is 3.93. The van der Waals surface area contributed by atoms with E-state index in [1.807, 2.05) is 6.07 Å². The molecule has 0 spiro atoms. The Labute approximate surface area is 119 Å². The van der Waals surface area contributed by atoms with Crippen LogP contribution in [0.5, 0.6) is 0 Å². The van der Waals surface area contributed by atoms with E-state index in [1.54, 1.807) is 11.0 Å². The van der Waals surface area contributed by atoms with Crippen molar-refractivity contribution >= 4 is 5.69 Å². The van der Waals surface area contributed by atoms with Crippen molar-refractivity contribution in [3.05, 3.63) is 30.1 Å². The summed E-state index contributed by atoms with van der Waals surface area (Å²) in [6, 6.07) is 6.87. The summed E-state index contributed by atoms with van der Waals surface area (Å²) in [6.07, 6.45) is 4.16. The Hall–Kier alpha value is -1.91. The Morgan fingerprint density at radius 1 is 1.30 bits per heavy atom. The Morgan fingerprint density at radius 3 is 2.75 bits per heavy atom. The monoisotopic (exact) mass is 271 g/mol. The van der Waals surface area contributed by atoms with E-state index in [-0.39, 0.29) is 0 Å². The molecule has 5 nitrogen and oxygen atoms in total. The van der Waals surface area contributed by atoms with E-state index < -0.39 is 0 Å². The first-order chi connectivity index (χ1) is 9.63. The molecule has 0 aliphatic heterocycles. The summed E-state index contributed by atoms with van der Waals surface area (Å²) in [5.74, 6) is 1.66. The molecule has 1 aromatic heterocycles. The predicted molar refractivity (Wildman–Crippen MR) is 78.9 cm³/mol. The van der Waals surface area contributed by atoms with Crippen molar-refractivity contribution in [2.45, 2.75) is 39.7 Å². The number of rotatable bonds is 4. The van der Waals surface area contributed by atoms with E-state index in [0.717, 1.165) is 17.5 Å². The molecule has 0 amide bonds. The van der Waals surface area contributed by atoms with Crippen molar-refractivity contribution in [1.82, 2.24) is 20.2 Å². The van der Waals surface area contributed by atoms with Gasteiger partial charge < -0.3 is 5.32 Å². The van der Waals surface area contributed by atoms with Gasteiger partial charge in [0.2, 0.25) is 0 Å². The topological polar surface area (TPSA) is 55.6 Å². The third-order valence-corrected chi connectivity index (χ3v) is 4.31. The Kier molecular flexibility index (Phi) is 3.42. The molecule has 1 fully saturated rings. The van der Waals surface area contributed by atoms with Gasteiger partial charge in [0.15, 0.2) is 0 Å². The van der Waals surface area contributed by atoms with Gasteiger partial charge in [-0.05, 0) is 59.7 Å². The third kappa shape index (κ3) is 2.53. The summed E-state index contributed by atoms with van der Waals surface area (Å²) >= 11 is 0. The van der Waals surface area contributed by atoms with E-state index in [1.165, 1.54) is 24.1 Å². The number of hydrogen-bond donors (Lipinski definition) is 1. The van der Waals surface area contributed by atoms with E-state index in [9.17, 15) is 0 Å². The maximum Gasteiger partial charge on any atom is 0.143 e. The van der Waals surface area contributed by atoms with Crippen molar-refractivity contribution < 1.29 is 0 Å². The highest BCUT2D eigenvalue weighted by atomic mass is 15.5. The minimum absolute atomic E-state index is 0.602. The molecule has 106 valence electrons. The normalized spacial score (nSPS) is 21.8. The van der Waals surface area contributed by atoms with Gasteiger partial charge in [0, 0.05) is 11.7 Å². The fraction of sp³-hybridized carbons (Fsp3) is 0.533. The molecule has 1 N–H and O–H groups in total. The zero-order valence-electron chi connectivity index (χ0n) is 12.2. The van der Waals surface area contributed by atoms with Crippen LogP contribution in [-0.4, -0.2) is 26.2 Å². The summed E-state index contributed by atoms with van der Waals surface area (Å²) in [6.45, 7) is 6.75. The number of benzene rings is 1. The van der Waals surface area contributed by atoms with Gasteiger partial charge in [0.05, 0.1) is 5.69 Å². The second-order valence-corrected chi connectivity index (χ2v) is 6.07. The van der Waals surface area contributed by atoms with Crippen molar-refractivity contribution in [2.24, 2.45) is 11.8 Å². The van der Waals surface area contributed by atoms with Crippen molar-refractivity contribution in [3.8, 4) is 5.69 Å². The van der Waals surface area contributed by atoms with Gasteiger partial charge in [0.25, 0.3) is 0 Å². The quantitative estimate of drug-likeness (QED) is 0.929. The number of tetrazole rings is 1. The zero-order valence-corrected chi connectivity index (χ0v) is 12.2. The number of aromatic nitrogens is 4. The lowest BCUT2D eigenvalue weighted by molar-refractivity contribution is 0.212. The zero-order chi connectivity index (χ0) is 14.1. The van der Waals surface area contributed by atoms with Crippen LogP contribution in [0.15, 0.2) is 24.5 Å². The standard InChI is InChI=1S/C15H21N5/c1-10(2)12-6-13(7-12)17-15-8-14(5-4-11(15)3)20-9-16-18-19-20/h4-5,8-10,12-13,17H,6-7H2,1-3H3. The molecule has 0 saturated heterocycles. The van der Waals surface area contributed by atoms with Crippen molar-refractivity contribution in [3.63, 3.8) is 0 Å². The first kappa shape index (κ1) is 13.1. The summed E-state index contributed by atoms with van der Waals surface area (Å²) in [4.78, 5) is 0. The fourth-order valence-electron chi connectivity index (χ4n) is 2.73. The molecule has 1 heterocycles. The van der Waals surface area contributed by atoms with Crippen LogP contribution < -0.4 is 5.32 Å². The molecule has 0 bridgehead atoms. The average molecular weight is 271 g/mol. The van der Waals surface area contributed by atoms with Crippen LogP contribution in [0.2, 0.25) is 0 Å². The molecule has 2 aromatic rings. The largest absolute Gasteiger partial charge is 0.382 e. The van der Waals surface area contributed by atoms with E-state index in [4.69, 9.17) is 0 Å². The van der Waals surface area contributed by atoms with Crippen LogP contribution in [0.1, 0.15) is 32.3 Å². The lowest BCUT2D eigenvalue weighted by Crippen LogP contribution is -2.38. The highest BCUT2D eigenvalue weighted by Crippen LogP contribution is 2.36. The Balaban J connectivity index is 1.72. The van der Waals surface area contributed by atoms with Gasteiger partial charge in [-0.1, -0.05) is 19.9 Å². The van der Waals surface area contributed by atoms with E-state index in [0.29, 0.717) is 6.04 Å². The highest BCUT2D eigenvalue weighted by molar-refractivity contribution is 5.57. The van der Waals surface area contributed by atoms with E-state index >= 15 is 0 Å². The summed E-state index contributed by atoms with van der Waals surface area (Å²) in [5, 5.41) is 14.9. The second kappa shape index (κ2) is 5.23. The van der Waals surface area contributed by atoms with Crippen LogP contribution >= 0.6 is 0 Å². The molecule has 1 aliphatic carbocycles. The first-order valence-corrected chi connectivity index (χ1v) is 7.24. The predicted octanol–water partition coefficient (Wildman–Crippen LogP) is 2.82. The maximum atomic E-state index is 3.93. The number of aryl methyl sites for hydroxylation is 1. The molecule has 0 radical (unpaired) electrons. The van der Waals surface area contributed by atoms with Gasteiger partial charge in [-0.15, -0.1) is 5.10 Å². The molecule has 20 heavy (non-hydrogen) atoms. The average Bonchev–Trinajstić information content (AvgIpc) is 2.88. The lowest BCUT2D eigenvalue weighted by Gasteiger charge is -2.39. The minimum atomic E-state index is 0.602. The SMILES string of the molecule is Cc1ccc(-n2cnnn2)cc1NC1CC(C(C)C)C1. The highest BCUT2D eigenvalue weighted by Gasteiger charge is 2.31. The van der Waals surface area contributed by atoms with Crippen molar-refractivity contribution in [1.29, 1.82) is 0 Å². The smallest absolute Gasteiger partial charge is 0.143 e. The van der Waals surface area contributed by atoms with Crippen molar-refractivity contribution in [2.75, 3.05) is 5.32 Å². The van der Waals surface area contributed by atoms with Crippen LogP contribution in [0.4, 0.5) is 5.69 Å². The molecular formula is C15H21N5. The molecule has 5 heteroatoms. The van der Waals surface area contributed by atoms with Gasteiger partial charge in [-0.25, -0.2) is 4.68 Å². The molecule has 1 aliphatic rings. The molecular weight excluding hydrogens is 250 g/mol. The Morgan fingerprint density at radius 2 is 2.10 bits per heavy atom. The van der Waals surface area contributed by atoms with Gasteiger partial charge in [-0.2, -0.15) is 0 Å². The number of nitrogens with zero attached hydrogens (tertiary/aromatic N) is 4. The number of anilines is 1.